The lowest BCUT2D eigenvalue weighted by atomic mass is 9.93. The number of likely N-dealkylation sites (N-methyl/N-ethyl adjacent to an activating group) is 1. The van der Waals surface area contributed by atoms with Crippen LogP contribution in [0.3, 0.4) is 0 Å². The molecule has 0 aromatic heterocycles. The van der Waals surface area contributed by atoms with Crippen LogP contribution in [0.25, 0.3) is 5.57 Å². The van der Waals surface area contributed by atoms with Gasteiger partial charge in [0.2, 0.25) is 0 Å². The molecule has 0 aliphatic carbocycles. The van der Waals surface area contributed by atoms with Crippen molar-refractivity contribution < 1.29 is 14.2 Å². The highest BCUT2D eigenvalue weighted by atomic mass is 19.1. The molecule has 1 aromatic carbocycles. The Morgan fingerprint density at radius 2 is 2.11 bits per heavy atom. The highest BCUT2D eigenvalue weighted by molar-refractivity contribution is 5.95. The number of nitrogens with zero attached hydrogens (tertiary/aromatic N) is 1. The van der Waals surface area contributed by atoms with Gasteiger partial charge in [-0.1, -0.05) is 33.9 Å². The molecule has 1 aliphatic rings. The number of ether oxygens (including phenoxy) is 1. The third-order valence-electron chi connectivity index (χ3n) is 4.52. The second-order valence-corrected chi connectivity index (χ2v) is 7.55. The number of aliphatic hydroxyl groups is 1. The van der Waals surface area contributed by atoms with Gasteiger partial charge in [-0.3, -0.25) is 0 Å². The molecule has 1 heterocycles. The zero-order valence-corrected chi connectivity index (χ0v) is 17.4. The van der Waals surface area contributed by atoms with Crippen molar-refractivity contribution in [3.05, 3.63) is 48.1 Å². The Kier molecular flexibility index (Phi) is 7.52. The van der Waals surface area contributed by atoms with E-state index in [0.717, 1.165) is 19.5 Å². The number of hydrogen-bond donors (Lipinski definition) is 3. The number of aliphatic hydroxyl groups excluding tert-OH is 1. The number of anilines is 2. The molecule has 1 aliphatic heterocycles. The minimum atomic E-state index is -0.414. The van der Waals surface area contributed by atoms with E-state index in [4.69, 9.17) is 4.74 Å². The predicted octanol–water partition coefficient (Wildman–Crippen LogP) is 5.01. The molecule has 0 amide bonds. The molecule has 5 nitrogen and oxygen atoms in total. The summed E-state index contributed by atoms with van der Waals surface area (Å²) in [7, 11) is 2.05. The maximum atomic E-state index is 15.0. The number of allylic oxidation sites excluding steroid dienone is 1. The van der Waals surface area contributed by atoms with Gasteiger partial charge < -0.3 is 25.4 Å². The molecule has 0 radical (unpaired) electrons. The van der Waals surface area contributed by atoms with E-state index < -0.39 is 5.82 Å². The molecule has 0 saturated carbocycles. The van der Waals surface area contributed by atoms with Gasteiger partial charge >= 0.3 is 0 Å². The molecule has 0 fully saturated rings. The van der Waals surface area contributed by atoms with Crippen LogP contribution in [0, 0.1) is 11.7 Å². The van der Waals surface area contributed by atoms with Crippen LogP contribution in [0.5, 0.6) is 5.75 Å². The van der Waals surface area contributed by atoms with E-state index in [1.54, 1.807) is 6.20 Å². The summed E-state index contributed by atoms with van der Waals surface area (Å²) in [6, 6.07) is 1.42. The first-order valence-corrected chi connectivity index (χ1v) is 9.72. The summed E-state index contributed by atoms with van der Waals surface area (Å²) in [6.07, 6.45) is 2.69. The second kappa shape index (κ2) is 9.64. The lowest BCUT2D eigenvalue weighted by Crippen LogP contribution is -2.26. The Labute approximate surface area is 167 Å². The quantitative estimate of drug-likeness (QED) is 0.491. The number of rotatable bonds is 10. The lowest BCUT2D eigenvalue weighted by molar-refractivity contribution is 0.272. The van der Waals surface area contributed by atoms with E-state index in [1.807, 2.05) is 20.9 Å². The van der Waals surface area contributed by atoms with Gasteiger partial charge in [0.05, 0.1) is 12.3 Å². The summed E-state index contributed by atoms with van der Waals surface area (Å²) in [6.45, 7) is 16.6. The van der Waals surface area contributed by atoms with Crippen molar-refractivity contribution >= 4 is 16.9 Å². The van der Waals surface area contributed by atoms with Crippen molar-refractivity contribution in [1.29, 1.82) is 0 Å². The zero-order chi connectivity index (χ0) is 20.8. The van der Waals surface area contributed by atoms with E-state index >= 15 is 4.39 Å². The third-order valence-corrected chi connectivity index (χ3v) is 4.52. The molecular formula is C22H32FN3O2. The maximum Gasteiger partial charge on any atom is 0.169 e. The van der Waals surface area contributed by atoms with Gasteiger partial charge in [-0.2, -0.15) is 0 Å². The largest absolute Gasteiger partial charge is 0.508 e. The van der Waals surface area contributed by atoms with Gasteiger partial charge in [-0.05, 0) is 37.6 Å². The Balaban J connectivity index is 2.36. The van der Waals surface area contributed by atoms with Crippen LogP contribution in [0.1, 0.15) is 32.8 Å². The average Bonchev–Trinajstić information content (AvgIpc) is 2.61. The molecule has 0 saturated heterocycles. The first-order valence-electron chi connectivity index (χ1n) is 9.72. The maximum absolute atomic E-state index is 15.0. The predicted molar refractivity (Wildman–Crippen MR) is 116 cm³/mol. The fraction of sp³-hybridized carbons (Fsp3) is 0.455. The third kappa shape index (κ3) is 5.07. The van der Waals surface area contributed by atoms with Crippen molar-refractivity contribution in [2.24, 2.45) is 5.92 Å². The summed E-state index contributed by atoms with van der Waals surface area (Å²) in [5.41, 5.74) is 2.48. The van der Waals surface area contributed by atoms with Crippen LogP contribution in [0.15, 0.2) is 36.8 Å². The van der Waals surface area contributed by atoms with Crippen LogP contribution < -0.4 is 15.4 Å². The SMILES string of the molecule is C=C(O)C1=CNc2c(cc(F)c(NCCN(C)CCC)c2OCC(C)C)C1=C. The first kappa shape index (κ1) is 21.8. The fourth-order valence-electron chi connectivity index (χ4n) is 3.07. The van der Waals surface area contributed by atoms with Gasteiger partial charge in [0.25, 0.3) is 0 Å². The summed E-state index contributed by atoms with van der Waals surface area (Å²) < 4.78 is 21.0. The standard InChI is InChI=1S/C22H32FN3O2/c1-7-9-26(6)10-8-24-21-19(23)11-17-15(4)18(16(5)27)12-25-20(17)22(21)28-13-14(2)3/h11-12,14,24-25,27H,4-5,7-10,13H2,1-3,6H3. The van der Waals surface area contributed by atoms with Crippen molar-refractivity contribution in [2.75, 3.05) is 43.9 Å². The summed E-state index contributed by atoms with van der Waals surface area (Å²) in [4.78, 5) is 2.19. The van der Waals surface area contributed by atoms with Crippen molar-refractivity contribution in [1.82, 2.24) is 4.90 Å². The van der Waals surface area contributed by atoms with E-state index in [-0.39, 0.29) is 11.7 Å². The monoisotopic (exact) mass is 389 g/mol. The Hall–Kier alpha value is -2.47. The Morgan fingerprint density at radius 3 is 2.71 bits per heavy atom. The van der Waals surface area contributed by atoms with Gasteiger partial charge in [-0.15, -0.1) is 0 Å². The minimum absolute atomic E-state index is 0.116. The molecule has 154 valence electrons. The van der Waals surface area contributed by atoms with E-state index in [1.165, 1.54) is 6.07 Å². The molecular weight excluding hydrogens is 357 g/mol. The molecule has 3 N–H and O–H groups in total. The number of nitrogens with one attached hydrogen (secondary N) is 2. The molecule has 6 heteroatoms. The van der Waals surface area contributed by atoms with Crippen LogP contribution >= 0.6 is 0 Å². The summed E-state index contributed by atoms with van der Waals surface area (Å²) >= 11 is 0. The normalized spacial score (nSPS) is 13.2. The van der Waals surface area contributed by atoms with Crippen molar-refractivity contribution in [3.63, 3.8) is 0 Å². The summed E-state index contributed by atoms with van der Waals surface area (Å²) in [5, 5.41) is 16.1. The molecule has 0 bridgehead atoms. The molecule has 28 heavy (non-hydrogen) atoms. The van der Waals surface area contributed by atoms with E-state index in [2.05, 4.69) is 35.6 Å². The van der Waals surface area contributed by atoms with Gasteiger partial charge in [0.15, 0.2) is 11.6 Å². The smallest absolute Gasteiger partial charge is 0.169 e. The van der Waals surface area contributed by atoms with Gasteiger partial charge in [-0.25, -0.2) is 4.39 Å². The Morgan fingerprint density at radius 1 is 1.39 bits per heavy atom. The highest BCUT2D eigenvalue weighted by Crippen LogP contribution is 2.45. The molecule has 0 unspecified atom stereocenters. The topological polar surface area (TPSA) is 56.8 Å². The fourth-order valence-corrected chi connectivity index (χ4v) is 3.07. The van der Waals surface area contributed by atoms with Crippen LogP contribution in [-0.4, -0.2) is 43.3 Å². The number of fused-ring (bicyclic) bond motifs is 1. The zero-order valence-electron chi connectivity index (χ0n) is 17.4. The van der Waals surface area contributed by atoms with E-state index in [0.29, 0.717) is 47.0 Å². The van der Waals surface area contributed by atoms with Crippen LogP contribution in [0.4, 0.5) is 15.8 Å². The number of hydrogen-bond acceptors (Lipinski definition) is 5. The Bertz CT molecular complexity index is 772. The van der Waals surface area contributed by atoms with E-state index in [9.17, 15) is 5.11 Å². The van der Waals surface area contributed by atoms with Gasteiger partial charge in [0.1, 0.15) is 11.4 Å². The number of benzene rings is 1. The average molecular weight is 390 g/mol. The molecule has 1 aromatic rings. The van der Waals surface area contributed by atoms with Crippen LogP contribution in [-0.2, 0) is 0 Å². The summed E-state index contributed by atoms with van der Waals surface area (Å²) in [5.74, 6) is 0.192. The highest BCUT2D eigenvalue weighted by Gasteiger charge is 2.26. The first-order chi connectivity index (χ1) is 13.3. The van der Waals surface area contributed by atoms with Crippen LogP contribution in [0.2, 0.25) is 0 Å². The lowest BCUT2D eigenvalue weighted by Gasteiger charge is -2.26. The minimum Gasteiger partial charge on any atom is -0.508 e. The van der Waals surface area contributed by atoms with Crippen molar-refractivity contribution in [3.8, 4) is 5.75 Å². The molecule has 2 rings (SSSR count). The second-order valence-electron chi connectivity index (χ2n) is 7.55. The van der Waals surface area contributed by atoms with Gasteiger partial charge in [0, 0.05) is 30.4 Å². The molecule has 0 spiro atoms. The molecule has 0 atom stereocenters. The number of halogens is 1. The van der Waals surface area contributed by atoms with Crippen molar-refractivity contribution in [2.45, 2.75) is 27.2 Å².